The molecule has 0 aromatic heterocycles. The number of nitrogens with one attached hydrogen (secondary N) is 1. The van der Waals surface area contributed by atoms with Crippen molar-refractivity contribution in [1.82, 2.24) is 4.90 Å². The molecule has 3 amide bonds. The van der Waals surface area contributed by atoms with Gasteiger partial charge < -0.3 is 10.1 Å². The molecule has 0 bridgehead atoms. The van der Waals surface area contributed by atoms with Gasteiger partial charge in [0, 0.05) is 6.42 Å². The number of carbonyl (C=O) groups excluding carboxylic acids is 4. The first-order valence-electron chi connectivity index (χ1n) is 10.6. The summed E-state index contributed by atoms with van der Waals surface area (Å²) in [6.07, 6.45) is 0.125. The van der Waals surface area contributed by atoms with Crippen LogP contribution < -0.4 is 5.32 Å². The Morgan fingerprint density at radius 2 is 1.42 bits per heavy atom. The van der Waals surface area contributed by atoms with E-state index in [1.54, 1.807) is 55.5 Å². The number of imide groups is 1. The van der Waals surface area contributed by atoms with Gasteiger partial charge in [0.2, 0.25) is 5.91 Å². The minimum atomic E-state index is -1.12. The number of amides is 3. The zero-order valence-corrected chi connectivity index (χ0v) is 18.0. The average molecular weight is 442 g/mol. The molecule has 1 heterocycles. The summed E-state index contributed by atoms with van der Waals surface area (Å²) in [4.78, 5) is 53.0. The molecule has 0 spiro atoms. The number of hydrogen-bond donors (Lipinski definition) is 1. The van der Waals surface area contributed by atoms with E-state index in [9.17, 15) is 19.2 Å². The van der Waals surface area contributed by atoms with Crippen LogP contribution in [0.15, 0.2) is 78.9 Å². The van der Waals surface area contributed by atoms with Gasteiger partial charge in [-0.05, 0) is 36.8 Å². The molecule has 0 unspecified atom stereocenters. The van der Waals surface area contributed by atoms with Crippen molar-refractivity contribution in [3.05, 3.63) is 101 Å². The molecular weight excluding hydrogens is 420 g/mol. The molecule has 1 atom stereocenters. The average Bonchev–Trinajstić information content (AvgIpc) is 3.08. The molecule has 3 aromatic rings. The summed E-state index contributed by atoms with van der Waals surface area (Å²) in [6, 6.07) is 21.0. The first-order chi connectivity index (χ1) is 16.0. The van der Waals surface area contributed by atoms with E-state index >= 15 is 0 Å². The molecule has 0 fully saturated rings. The Labute approximate surface area is 191 Å². The Balaban J connectivity index is 1.68. The molecule has 0 saturated carbocycles. The van der Waals surface area contributed by atoms with Crippen molar-refractivity contribution in [1.29, 1.82) is 0 Å². The maximum Gasteiger partial charge on any atom is 0.340 e. The molecule has 7 nitrogen and oxygen atoms in total. The molecule has 33 heavy (non-hydrogen) atoms. The number of rotatable bonds is 7. The lowest BCUT2D eigenvalue weighted by Gasteiger charge is -2.26. The predicted molar refractivity (Wildman–Crippen MR) is 122 cm³/mol. The van der Waals surface area contributed by atoms with Crippen LogP contribution in [0.3, 0.4) is 0 Å². The predicted octanol–water partition coefficient (Wildman–Crippen LogP) is 3.71. The van der Waals surface area contributed by atoms with Crippen molar-refractivity contribution in [2.75, 3.05) is 11.9 Å². The maximum atomic E-state index is 13.5. The van der Waals surface area contributed by atoms with E-state index in [0.717, 1.165) is 10.5 Å². The molecular formula is C26H22N2O5. The zero-order chi connectivity index (χ0) is 23.4. The lowest BCUT2D eigenvalue weighted by molar-refractivity contribution is -0.119. The Bertz CT molecular complexity index is 1190. The normalized spacial score (nSPS) is 13.4. The van der Waals surface area contributed by atoms with Gasteiger partial charge in [0.25, 0.3) is 11.8 Å². The molecule has 0 radical (unpaired) electrons. The Morgan fingerprint density at radius 1 is 0.848 bits per heavy atom. The van der Waals surface area contributed by atoms with Crippen molar-refractivity contribution in [3.8, 4) is 0 Å². The number of hydrogen-bond acceptors (Lipinski definition) is 5. The summed E-state index contributed by atoms with van der Waals surface area (Å²) in [5.74, 6) is -2.20. The van der Waals surface area contributed by atoms with E-state index in [1.807, 2.05) is 30.3 Å². The summed E-state index contributed by atoms with van der Waals surface area (Å²) in [7, 11) is 0. The molecule has 3 aromatic carbocycles. The Morgan fingerprint density at radius 3 is 2.06 bits per heavy atom. The number of esters is 1. The smallest absolute Gasteiger partial charge is 0.340 e. The van der Waals surface area contributed by atoms with Crippen LogP contribution in [0.25, 0.3) is 0 Å². The van der Waals surface area contributed by atoms with Gasteiger partial charge in [-0.3, -0.25) is 19.3 Å². The van der Waals surface area contributed by atoms with Gasteiger partial charge in [0.15, 0.2) is 0 Å². The number of fused-ring (bicyclic) bond motifs is 1. The van der Waals surface area contributed by atoms with E-state index in [0.29, 0.717) is 0 Å². The van der Waals surface area contributed by atoms with Gasteiger partial charge >= 0.3 is 5.97 Å². The van der Waals surface area contributed by atoms with Crippen molar-refractivity contribution >= 4 is 29.4 Å². The van der Waals surface area contributed by atoms with Crippen LogP contribution in [0.2, 0.25) is 0 Å². The van der Waals surface area contributed by atoms with Crippen LogP contribution in [0, 0.1) is 0 Å². The second kappa shape index (κ2) is 9.48. The monoisotopic (exact) mass is 442 g/mol. The molecule has 0 saturated heterocycles. The third kappa shape index (κ3) is 4.39. The first-order valence-corrected chi connectivity index (χ1v) is 10.6. The second-order valence-electron chi connectivity index (χ2n) is 7.49. The van der Waals surface area contributed by atoms with Crippen molar-refractivity contribution in [2.45, 2.75) is 19.4 Å². The van der Waals surface area contributed by atoms with Gasteiger partial charge in [-0.15, -0.1) is 0 Å². The quantitative estimate of drug-likeness (QED) is 0.445. The lowest BCUT2D eigenvalue weighted by atomic mass is 10.0. The molecule has 4 rings (SSSR count). The summed E-state index contributed by atoms with van der Waals surface area (Å²) in [5, 5.41) is 2.73. The highest BCUT2D eigenvalue weighted by Crippen LogP contribution is 2.27. The molecule has 1 aliphatic heterocycles. The second-order valence-corrected chi connectivity index (χ2v) is 7.49. The number of carbonyl (C=O) groups is 4. The Hall–Kier alpha value is -4.26. The highest BCUT2D eigenvalue weighted by Gasteiger charge is 2.42. The highest BCUT2D eigenvalue weighted by atomic mass is 16.5. The standard InChI is InChI=1S/C26H22N2O5/c1-2-33-26(32)20-14-8-9-15-21(20)27-23(29)22(16-17-10-4-3-5-11-17)28-24(30)18-12-6-7-13-19(18)25(28)31/h3-15,22H,2,16H2,1H3,(H,27,29)/t22-/m1/s1. The minimum Gasteiger partial charge on any atom is -0.462 e. The highest BCUT2D eigenvalue weighted by molar-refractivity contribution is 6.23. The summed E-state index contributed by atoms with van der Waals surface area (Å²) >= 11 is 0. The lowest BCUT2D eigenvalue weighted by Crippen LogP contribution is -2.48. The summed E-state index contributed by atoms with van der Waals surface area (Å²) < 4.78 is 5.07. The number of benzene rings is 3. The molecule has 7 heteroatoms. The van der Waals surface area contributed by atoms with Gasteiger partial charge in [-0.1, -0.05) is 54.6 Å². The zero-order valence-electron chi connectivity index (χ0n) is 18.0. The summed E-state index contributed by atoms with van der Waals surface area (Å²) in [5.41, 5.74) is 1.75. The minimum absolute atomic E-state index is 0.125. The Kier molecular flexibility index (Phi) is 6.31. The number of para-hydroxylation sites is 1. The van der Waals surface area contributed by atoms with Crippen LogP contribution in [0.1, 0.15) is 43.6 Å². The fourth-order valence-electron chi connectivity index (χ4n) is 3.82. The van der Waals surface area contributed by atoms with E-state index in [-0.39, 0.29) is 35.4 Å². The largest absolute Gasteiger partial charge is 0.462 e. The van der Waals surface area contributed by atoms with Crippen LogP contribution in [-0.4, -0.2) is 41.2 Å². The van der Waals surface area contributed by atoms with Crippen molar-refractivity contribution < 1.29 is 23.9 Å². The summed E-state index contributed by atoms with van der Waals surface area (Å²) in [6.45, 7) is 1.88. The van der Waals surface area contributed by atoms with Crippen molar-refractivity contribution in [2.24, 2.45) is 0 Å². The van der Waals surface area contributed by atoms with Gasteiger partial charge in [0.1, 0.15) is 6.04 Å². The number of anilines is 1. The molecule has 1 aliphatic rings. The van der Waals surface area contributed by atoms with Crippen LogP contribution >= 0.6 is 0 Å². The van der Waals surface area contributed by atoms with E-state index in [2.05, 4.69) is 5.32 Å². The van der Waals surface area contributed by atoms with Gasteiger partial charge in [-0.25, -0.2) is 4.79 Å². The number of nitrogens with zero attached hydrogens (tertiary/aromatic N) is 1. The van der Waals surface area contributed by atoms with Gasteiger partial charge in [0.05, 0.1) is 29.0 Å². The SMILES string of the molecule is CCOC(=O)c1ccccc1NC(=O)[C@@H](Cc1ccccc1)N1C(=O)c2ccccc2C1=O. The molecule has 1 N–H and O–H groups in total. The number of ether oxygens (including phenoxy) is 1. The first kappa shape index (κ1) is 22.0. The molecule has 0 aliphatic carbocycles. The van der Waals surface area contributed by atoms with Crippen LogP contribution in [0.4, 0.5) is 5.69 Å². The fourth-order valence-corrected chi connectivity index (χ4v) is 3.82. The molecule has 166 valence electrons. The fraction of sp³-hybridized carbons (Fsp3) is 0.154. The van der Waals surface area contributed by atoms with Crippen LogP contribution in [-0.2, 0) is 16.0 Å². The third-order valence-corrected chi connectivity index (χ3v) is 5.39. The van der Waals surface area contributed by atoms with Crippen LogP contribution in [0.5, 0.6) is 0 Å². The van der Waals surface area contributed by atoms with Gasteiger partial charge in [-0.2, -0.15) is 0 Å². The van der Waals surface area contributed by atoms with E-state index in [1.165, 1.54) is 0 Å². The van der Waals surface area contributed by atoms with Crippen molar-refractivity contribution in [3.63, 3.8) is 0 Å². The maximum absolute atomic E-state index is 13.5. The van der Waals surface area contributed by atoms with E-state index < -0.39 is 29.7 Å². The topological polar surface area (TPSA) is 92.8 Å². The van der Waals surface area contributed by atoms with E-state index in [4.69, 9.17) is 4.74 Å². The third-order valence-electron chi connectivity index (χ3n) is 5.39.